The third-order valence-corrected chi connectivity index (χ3v) is 3.66. The number of rotatable bonds is 7. The van der Waals surface area contributed by atoms with Gasteiger partial charge in [-0.25, -0.2) is 0 Å². The van der Waals surface area contributed by atoms with E-state index >= 15 is 0 Å². The average molecular weight is 304 g/mol. The number of amides is 1. The summed E-state index contributed by atoms with van der Waals surface area (Å²) in [6.45, 7) is 2.71. The van der Waals surface area contributed by atoms with Crippen LogP contribution in [0.5, 0.6) is 0 Å². The highest BCUT2D eigenvalue weighted by Crippen LogP contribution is 2.12. The number of aromatic amines is 1. The first-order valence-corrected chi connectivity index (χ1v) is 7.61. The Labute approximate surface area is 128 Å². The van der Waals surface area contributed by atoms with Crippen LogP contribution in [0.4, 0.5) is 0 Å². The van der Waals surface area contributed by atoms with E-state index in [1.807, 2.05) is 0 Å². The molecule has 1 atom stereocenters. The number of hydrogen-bond acceptors (Lipinski definition) is 5. The number of nitrogens with zero attached hydrogens (tertiary/aromatic N) is 2. The molecule has 1 aromatic heterocycles. The molecule has 118 valence electrons. The number of carbonyl (C=O) groups is 1. The van der Waals surface area contributed by atoms with E-state index < -0.39 is 0 Å². The standard InChI is InChI=1S/C15H20N4O3/c20-15(11-4-5-13-14(9-11)18-19-17-13)16-6-2-7-21-10-12-3-1-8-22-12/h4-5,9,12H,1-3,6-8,10H2,(H,16,20)(H,17,18,19). The predicted octanol–water partition coefficient (Wildman–Crippen LogP) is 1.27. The molecule has 22 heavy (non-hydrogen) atoms. The molecule has 0 spiro atoms. The van der Waals surface area contributed by atoms with Gasteiger partial charge in [0.25, 0.3) is 5.91 Å². The van der Waals surface area contributed by atoms with Crippen molar-refractivity contribution in [2.45, 2.75) is 25.4 Å². The summed E-state index contributed by atoms with van der Waals surface area (Å²) in [6.07, 6.45) is 3.25. The smallest absolute Gasteiger partial charge is 0.251 e. The summed E-state index contributed by atoms with van der Waals surface area (Å²) in [7, 11) is 0. The number of aromatic nitrogens is 3. The van der Waals surface area contributed by atoms with Gasteiger partial charge < -0.3 is 14.8 Å². The zero-order valence-electron chi connectivity index (χ0n) is 12.4. The molecule has 1 aromatic carbocycles. The van der Waals surface area contributed by atoms with Crippen LogP contribution in [-0.4, -0.2) is 53.8 Å². The molecule has 1 saturated heterocycles. The molecule has 2 heterocycles. The van der Waals surface area contributed by atoms with Gasteiger partial charge in [-0.1, -0.05) is 0 Å². The first-order valence-electron chi connectivity index (χ1n) is 7.61. The lowest BCUT2D eigenvalue weighted by molar-refractivity contribution is 0.0166. The SMILES string of the molecule is O=C(NCCCOCC1CCCO1)c1ccc2n[nH]nc2c1. The molecule has 2 N–H and O–H groups in total. The number of benzene rings is 1. The minimum atomic E-state index is -0.107. The summed E-state index contributed by atoms with van der Waals surface area (Å²) in [4.78, 5) is 12.0. The van der Waals surface area contributed by atoms with Crippen LogP contribution in [0.25, 0.3) is 11.0 Å². The van der Waals surface area contributed by atoms with Crippen LogP contribution in [0.2, 0.25) is 0 Å². The second-order valence-electron chi connectivity index (χ2n) is 5.35. The van der Waals surface area contributed by atoms with Crippen LogP contribution in [0.1, 0.15) is 29.6 Å². The van der Waals surface area contributed by atoms with Crippen LogP contribution in [-0.2, 0) is 9.47 Å². The molecule has 0 aliphatic carbocycles. The van der Waals surface area contributed by atoms with Crippen molar-refractivity contribution >= 4 is 16.9 Å². The van der Waals surface area contributed by atoms with E-state index in [-0.39, 0.29) is 12.0 Å². The van der Waals surface area contributed by atoms with Gasteiger partial charge in [0.05, 0.1) is 12.7 Å². The molecule has 2 aromatic rings. The van der Waals surface area contributed by atoms with E-state index in [2.05, 4.69) is 20.7 Å². The Bertz CT molecular complexity index is 622. The van der Waals surface area contributed by atoms with Crippen LogP contribution in [0.3, 0.4) is 0 Å². The Hall–Kier alpha value is -1.99. The largest absolute Gasteiger partial charge is 0.379 e. The zero-order valence-corrected chi connectivity index (χ0v) is 12.4. The number of nitrogens with one attached hydrogen (secondary N) is 2. The van der Waals surface area contributed by atoms with Gasteiger partial charge in [-0.2, -0.15) is 15.4 Å². The summed E-state index contributed by atoms with van der Waals surface area (Å²) in [5.74, 6) is -0.107. The van der Waals surface area contributed by atoms with E-state index in [1.165, 1.54) is 0 Å². The summed E-state index contributed by atoms with van der Waals surface area (Å²) in [5.41, 5.74) is 2.02. The highest BCUT2D eigenvalue weighted by atomic mass is 16.5. The van der Waals surface area contributed by atoms with Gasteiger partial charge in [-0.15, -0.1) is 0 Å². The topological polar surface area (TPSA) is 89.1 Å². The van der Waals surface area contributed by atoms with Crippen molar-refractivity contribution in [3.05, 3.63) is 23.8 Å². The number of ether oxygens (including phenoxy) is 2. The van der Waals surface area contributed by atoms with E-state index in [1.54, 1.807) is 18.2 Å². The summed E-state index contributed by atoms with van der Waals surface area (Å²) in [6, 6.07) is 5.24. The minimum Gasteiger partial charge on any atom is -0.379 e. The van der Waals surface area contributed by atoms with Crippen molar-refractivity contribution in [2.24, 2.45) is 0 Å². The van der Waals surface area contributed by atoms with Crippen molar-refractivity contribution in [1.29, 1.82) is 0 Å². The molecule has 1 aliphatic heterocycles. The fourth-order valence-corrected chi connectivity index (χ4v) is 2.45. The first kappa shape index (κ1) is 14.9. The van der Waals surface area contributed by atoms with Crippen LogP contribution in [0, 0.1) is 0 Å². The quantitative estimate of drug-likeness (QED) is 0.752. The Morgan fingerprint density at radius 1 is 1.41 bits per heavy atom. The van der Waals surface area contributed by atoms with Gasteiger partial charge in [-0.05, 0) is 37.5 Å². The lowest BCUT2D eigenvalue weighted by Gasteiger charge is -2.10. The van der Waals surface area contributed by atoms with Crippen molar-refractivity contribution in [3.8, 4) is 0 Å². The summed E-state index contributed by atoms with van der Waals surface area (Å²) in [5, 5.41) is 13.3. The fourth-order valence-electron chi connectivity index (χ4n) is 2.45. The van der Waals surface area contributed by atoms with Crippen molar-refractivity contribution in [3.63, 3.8) is 0 Å². The second-order valence-corrected chi connectivity index (χ2v) is 5.35. The Balaban J connectivity index is 1.35. The number of carbonyl (C=O) groups excluding carboxylic acids is 1. The summed E-state index contributed by atoms with van der Waals surface area (Å²) < 4.78 is 11.0. The van der Waals surface area contributed by atoms with Crippen LogP contribution in [0.15, 0.2) is 18.2 Å². The lowest BCUT2D eigenvalue weighted by atomic mass is 10.2. The predicted molar refractivity (Wildman–Crippen MR) is 80.6 cm³/mol. The first-order chi connectivity index (χ1) is 10.8. The Morgan fingerprint density at radius 2 is 2.32 bits per heavy atom. The van der Waals surface area contributed by atoms with E-state index in [4.69, 9.17) is 9.47 Å². The van der Waals surface area contributed by atoms with Gasteiger partial charge in [0.15, 0.2) is 0 Å². The number of hydrogen-bond donors (Lipinski definition) is 2. The van der Waals surface area contributed by atoms with Gasteiger partial charge in [0.2, 0.25) is 0 Å². The van der Waals surface area contributed by atoms with Gasteiger partial charge in [0.1, 0.15) is 11.0 Å². The third kappa shape index (κ3) is 3.80. The van der Waals surface area contributed by atoms with E-state index in [9.17, 15) is 4.79 Å². The van der Waals surface area contributed by atoms with Crippen LogP contribution < -0.4 is 5.32 Å². The van der Waals surface area contributed by atoms with Crippen molar-refractivity contribution in [2.75, 3.05) is 26.4 Å². The van der Waals surface area contributed by atoms with E-state index in [0.29, 0.717) is 30.8 Å². The molecule has 0 saturated carbocycles. The maximum atomic E-state index is 12.0. The second kappa shape index (κ2) is 7.33. The van der Waals surface area contributed by atoms with Gasteiger partial charge in [0, 0.05) is 25.3 Å². The molecule has 3 rings (SSSR count). The third-order valence-electron chi connectivity index (χ3n) is 3.66. The van der Waals surface area contributed by atoms with Crippen molar-refractivity contribution in [1.82, 2.24) is 20.7 Å². The molecule has 7 heteroatoms. The number of H-pyrrole nitrogens is 1. The zero-order chi connectivity index (χ0) is 15.2. The molecule has 1 aliphatic rings. The fraction of sp³-hybridized carbons (Fsp3) is 0.533. The highest BCUT2D eigenvalue weighted by Gasteiger charge is 2.15. The lowest BCUT2D eigenvalue weighted by Crippen LogP contribution is -2.25. The summed E-state index contributed by atoms with van der Waals surface area (Å²) >= 11 is 0. The molecule has 1 amide bonds. The number of fused-ring (bicyclic) bond motifs is 1. The van der Waals surface area contributed by atoms with Crippen molar-refractivity contribution < 1.29 is 14.3 Å². The Morgan fingerprint density at radius 3 is 3.18 bits per heavy atom. The molecule has 0 bridgehead atoms. The highest BCUT2D eigenvalue weighted by molar-refractivity contribution is 5.97. The van der Waals surface area contributed by atoms with Gasteiger partial charge >= 0.3 is 0 Å². The molecule has 7 nitrogen and oxygen atoms in total. The normalized spacial score (nSPS) is 17.9. The Kier molecular flexibility index (Phi) is 4.97. The van der Waals surface area contributed by atoms with Gasteiger partial charge in [-0.3, -0.25) is 4.79 Å². The van der Waals surface area contributed by atoms with E-state index in [0.717, 1.165) is 31.4 Å². The molecule has 0 radical (unpaired) electrons. The van der Waals surface area contributed by atoms with Crippen LogP contribution >= 0.6 is 0 Å². The molecular formula is C15H20N4O3. The average Bonchev–Trinajstić information content (AvgIpc) is 3.20. The monoisotopic (exact) mass is 304 g/mol. The maximum Gasteiger partial charge on any atom is 0.251 e. The minimum absolute atomic E-state index is 0.107. The molecular weight excluding hydrogens is 284 g/mol. The molecule has 1 fully saturated rings. The maximum absolute atomic E-state index is 12.0. The molecule has 1 unspecified atom stereocenters.